The highest BCUT2D eigenvalue weighted by atomic mass is 32.2. The monoisotopic (exact) mass is 352 g/mol. The minimum absolute atomic E-state index is 0.123. The maximum Gasteiger partial charge on any atom is 0.245 e. The molecule has 0 N–H and O–H groups in total. The fourth-order valence-electron chi connectivity index (χ4n) is 3.69. The molecular weight excluding hydrogens is 332 g/mol. The standard InChI is InChI=1S/C20H20N2O2S/c1-14-12-16-7-5-9-19(20(16)21-13-14)25(23,24)22(2)18-11-10-15-6-3-4-8-17(15)18/h3-9,12-13,18H,10-11H2,1-2H3/t18-/m0/s1. The molecule has 4 nitrogen and oxygen atoms in total. The van der Waals surface area contributed by atoms with E-state index in [1.165, 1.54) is 9.87 Å². The number of benzene rings is 2. The SMILES string of the molecule is Cc1cnc2c(S(=O)(=O)N(C)[C@H]3CCc4ccccc43)cccc2c1. The third-order valence-corrected chi connectivity index (χ3v) is 6.91. The van der Waals surface area contributed by atoms with Crippen LogP contribution in [0.2, 0.25) is 0 Å². The first kappa shape index (κ1) is 16.2. The van der Waals surface area contributed by atoms with E-state index in [1.807, 2.05) is 37.3 Å². The second kappa shape index (κ2) is 5.93. The topological polar surface area (TPSA) is 50.3 Å². The zero-order valence-electron chi connectivity index (χ0n) is 14.3. The summed E-state index contributed by atoms with van der Waals surface area (Å²) in [6.07, 6.45) is 3.44. The van der Waals surface area contributed by atoms with Gasteiger partial charge in [-0.3, -0.25) is 4.98 Å². The predicted molar refractivity (Wildman–Crippen MR) is 98.9 cm³/mol. The molecule has 1 aliphatic rings. The molecular formula is C20H20N2O2S. The number of sulfonamides is 1. The van der Waals surface area contributed by atoms with Crippen molar-refractivity contribution in [3.8, 4) is 0 Å². The second-order valence-electron chi connectivity index (χ2n) is 6.62. The lowest BCUT2D eigenvalue weighted by Crippen LogP contribution is -2.30. The van der Waals surface area contributed by atoms with Crippen LogP contribution in [0, 0.1) is 6.92 Å². The van der Waals surface area contributed by atoms with Gasteiger partial charge in [-0.2, -0.15) is 4.31 Å². The summed E-state index contributed by atoms with van der Waals surface area (Å²) in [4.78, 5) is 4.67. The Hall–Kier alpha value is -2.24. The summed E-state index contributed by atoms with van der Waals surface area (Å²) < 4.78 is 28.1. The number of para-hydroxylation sites is 1. The molecule has 1 atom stereocenters. The first-order valence-corrected chi connectivity index (χ1v) is 9.84. The molecule has 0 fully saturated rings. The van der Waals surface area contributed by atoms with Crippen LogP contribution in [0.4, 0.5) is 0 Å². The molecule has 0 radical (unpaired) electrons. The minimum atomic E-state index is -3.63. The van der Waals surface area contributed by atoms with E-state index in [4.69, 9.17) is 0 Å². The lowest BCUT2D eigenvalue weighted by Gasteiger charge is -2.25. The van der Waals surface area contributed by atoms with Crippen LogP contribution in [-0.4, -0.2) is 24.8 Å². The van der Waals surface area contributed by atoms with Crippen molar-refractivity contribution in [2.75, 3.05) is 7.05 Å². The largest absolute Gasteiger partial charge is 0.255 e. The predicted octanol–water partition coefficient (Wildman–Crippen LogP) is 3.85. The van der Waals surface area contributed by atoms with Gasteiger partial charge in [-0.15, -0.1) is 0 Å². The number of aryl methyl sites for hydroxylation is 2. The Bertz CT molecular complexity index is 1060. The number of hydrogen-bond acceptors (Lipinski definition) is 3. The van der Waals surface area contributed by atoms with Gasteiger partial charge < -0.3 is 0 Å². The van der Waals surface area contributed by atoms with Gasteiger partial charge in [0, 0.05) is 18.6 Å². The number of pyridine rings is 1. The Balaban J connectivity index is 1.81. The summed E-state index contributed by atoms with van der Waals surface area (Å²) >= 11 is 0. The summed E-state index contributed by atoms with van der Waals surface area (Å²) in [5.74, 6) is 0. The average Bonchev–Trinajstić information content (AvgIpc) is 3.04. The first-order chi connectivity index (χ1) is 12.0. The zero-order valence-corrected chi connectivity index (χ0v) is 15.1. The van der Waals surface area contributed by atoms with Gasteiger partial charge in [0.05, 0.1) is 11.6 Å². The maximum absolute atomic E-state index is 13.3. The summed E-state index contributed by atoms with van der Waals surface area (Å²) in [6.45, 7) is 1.95. The van der Waals surface area contributed by atoms with Crippen LogP contribution in [0.15, 0.2) is 59.6 Å². The van der Waals surface area contributed by atoms with Gasteiger partial charge in [0.25, 0.3) is 0 Å². The van der Waals surface area contributed by atoms with Crippen molar-refractivity contribution in [2.45, 2.75) is 30.7 Å². The smallest absolute Gasteiger partial charge is 0.245 e. The quantitative estimate of drug-likeness (QED) is 0.719. The highest BCUT2D eigenvalue weighted by Gasteiger charge is 2.34. The molecule has 0 amide bonds. The normalized spacial score (nSPS) is 17.2. The van der Waals surface area contributed by atoms with Gasteiger partial charge in [-0.1, -0.05) is 36.4 Å². The molecule has 128 valence electrons. The molecule has 0 spiro atoms. The molecule has 3 aromatic rings. The lowest BCUT2D eigenvalue weighted by molar-refractivity contribution is 0.375. The molecule has 0 aliphatic heterocycles. The van der Waals surface area contributed by atoms with Crippen molar-refractivity contribution in [3.05, 3.63) is 71.4 Å². The maximum atomic E-state index is 13.3. The summed E-state index contributed by atoms with van der Waals surface area (Å²) in [5.41, 5.74) is 3.89. The number of nitrogens with zero attached hydrogens (tertiary/aromatic N) is 2. The van der Waals surface area contributed by atoms with Crippen LogP contribution in [0.25, 0.3) is 10.9 Å². The van der Waals surface area contributed by atoms with Crippen LogP contribution in [-0.2, 0) is 16.4 Å². The van der Waals surface area contributed by atoms with Crippen molar-refractivity contribution in [1.82, 2.24) is 9.29 Å². The Kier molecular flexibility index (Phi) is 3.85. The highest BCUT2D eigenvalue weighted by Crippen LogP contribution is 2.38. The molecule has 0 bridgehead atoms. The molecule has 1 aliphatic carbocycles. The zero-order chi connectivity index (χ0) is 17.6. The number of rotatable bonds is 3. The van der Waals surface area contributed by atoms with E-state index < -0.39 is 10.0 Å². The average molecular weight is 352 g/mol. The van der Waals surface area contributed by atoms with Crippen LogP contribution in [0.3, 0.4) is 0 Å². The van der Waals surface area contributed by atoms with Gasteiger partial charge in [-0.25, -0.2) is 8.42 Å². The Morgan fingerprint density at radius 2 is 1.92 bits per heavy atom. The van der Waals surface area contributed by atoms with Crippen molar-refractivity contribution in [3.63, 3.8) is 0 Å². The van der Waals surface area contributed by atoms with Crippen molar-refractivity contribution in [1.29, 1.82) is 0 Å². The van der Waals surface area contributed by atoms with Crippen molar-refractivity contribution in [2.24, 2.45) is 0 Å². The summed E-state index contributed by atoms with van der Waals surface area (Å²) in [6, 6.07) is 15.3. The number of aromatic nitrogens is 1. The van der Waals surface area contributed by atoms with Crippen LogP contribution in [0.5, 0.6) is 0 Å². The molecule has 5 heteroatoms. The van der Waals surface area contributed by atoms with Crippen LogP contribution < -0.4 is 0 Å². The highest BCUT2D eigenvalue weighted by molar-refractivity contribution is 7.89. The van der Waals surface area contributed by atoms with Gasteiger partial charge in [0.1, 0.15) is 4.90 Å². The van der Waals surface area contributed by atoms with Crippen LogP contribution in [0.1, 0.15) is 29.2 Å². The molecule has 1 heterocycles. The molecule has 0 unspecified atom stereocenters. The number of fused-ring (bicyclic) bond motifs is 2. The third kappa shape index (κ3) is 2.64. The molecule has 4 rings (SSSR count). The van der Waals surface area contributed by atoms with Gasteiger partial charge >= 0.3 is 0 Å². The molecule has 1 aromatic heterocycles. The van der Waals surface area contributed by atoms with E-state index in [0.29, 0.717) is 5.52 Å². The fourth-order valence-corrected chi connectivity index (χ4v) is 5.22. The Morgan fingerprint density at radius 3 is 2.76 bits per heavy atom. The lowest BCUT2D eigenvalue weighted by atomic mass is 10.1. The van der Waals surface area contributed by atoms with Crippen molar-refractivity contribution < 1.29 is 8.42 Å². The van der Waals surface area contributed by atoms with Gasteiger partial charge in [0.15, 0.2) is 0 Å². The molecule has 0 saturated carbocycles. The van der Waals surface area contributed by atoms with Gasteiger partial charge in [-0.05, 0) is 48.6 Å². The third-order valence-electron chi connectivity index (χ3n) is 5.01. The minimum Gasteiger partial charge on any atom is -0.255 e. The van der Waals surface area contributed by atoms with E-state index in [9.17, 15) is 8.42 Å². The van der Waals surface area contributed by atoms with Crippen LogP contribution >= 0.6 is 0 Å². The van der Waals surface area contributed by atoms with E-state index in [0.717, 1.165) is 29.4 Å². The van der Waals surface area contributed by atoms with Gasteiger partial charge in [0.2, 0.25) is 10.0 Å². The first-order valence-electron chi connectivity index (χ1n) is 8.40. The van der Waals surface area contributed by atoms with E-state index in [2.05, 4.69) is 11.1 Å². The molecule has 25 heavy (non-hydrogen) atoms. The molecule has 0 saturated heterocycles. The Morgan fingerprint density at radius 1 is 1.12 bits per heavy atom. The second-order valence-corrected chi connectivity index (χ2v) is 8.58. The van der Waals surface area contributed by atoms with E-state index in [-0.39, 0.29) is 10.9 Å². The van der Waals surface area contributed by atoms with E-state index in [1.54, 1.807) is 25.4 Å². The summed E-state index contributed by atoms with van der Waals surface area (Å²) in [7, 11) is -1.96. The number of hydrogen-bond donors (Lipinski definition) is 0. The molecule has 2 aromatic carbocycles. The van der Waals surface area contributed by atoms with E-state index >= 15 is 0 Å². The van der Waals surface area contributed by atoms with Crippen molar-refractivity contribution >= 4 is 20.9 Å². The Labute approximate surface area is 148 Å². The summed E-state index contributed by atoms with van der Waals surface area (Å²) in [5, 5.41) is 0.848. The fraction of sp³-hybridized carbons (Fsp3) is 0.250.